The quantitative estimate of drug-likeness (QED) is 0.758. The zero-order valence-electron chi connectivity index (χ0n) is 12.1. The van der Waals surface area contributed by atoms with Gasteiger partial charge in [0, 0.05) is 19.7 Å². The van der Waals surface area contributed by atoms with Gasteiger partial charge in [0.25, 0.3) is 0 Å². The third-order valence-electron chi connectivity index (χ3n) is 2.83. The molecule has 116 valence electrons. The summed E-state index contributed by atoms with van der Waals surface area (Å²) in [6.45, 7) is 5.36. The number of carboxylic acids is 1. The van der Waals surface area contributed by atoms with Crippen molar-refractivity contribution in [2.24, 2.45) is 0 Å². The van der Waals surface area contributed by atoms with Gasteiger partial charge >= 0.3 is 12.0 Å². The molecule has 6 nitrogen and oxygen atoms in total. The summed E-state index contributed by atoms with van der Waals surface area (Å²) in [5, 5.41) is 11.5. The molecule has 1 rings (SSSR count). The van der Waals surface area contributed by atoms with Gasteiger partial charge in [0.05, 0.1) is 17.9 Å². The normalized spacial score (nSPS) is 10.2. The van der Waals surface area contributed by atoms with Crippen LogP contribution in [0.15, 0.2) is 18.2 Å². The summed E-state index contributed by atoms with van der Waals surface area (Å²) >= 11 is 0. The summed E-state index contributed by atoms with van der Waals surface area (Å²) in [4.78, 5) is 24.6. The van der Waals surface area contributed by atoms with Crippen molar-refractivity contribution >= 4 is 17.7 Å². The lowest BCUT2D eigenvalue weighted by Crippen LogP contribution is -2.37. The van der Waals surface area contributed by atoms with Gasteiger partial charge in [-0.25, -0.2) is 14.0 Å². The molecule has 7 heteroatoms. The Morgan fingerprint density at radius 2 is 2.10 bits per heavy atom. The lowest BCUT2D eigenvalue weighted by Gasteiger charge is -2.21. The fraction of sp³-hybridized carbons (Fsp3) is 0.429. The molecule has 0 saturated carbocycles. The molecule has 0 aromatic heterocycles. The summed E-state index contributed by atoms with van der Waals surface area (Å²) in [5.74, 6) is -1.85. The molecular weight excluding hydrogens is 279 g/mol. The molecule has 0 radical (unpaired) electrons. The van der Waals surface area contributed by atoms with Crippen LogP contribution >= 0.6 is 0 Å². The van der Waals surface area contributed by atoms with E-state index in [1.54, 1.807) is 6.92 Å². The topological polar surface area (TPSA) is 78.9 Å². The maximum absolute atomic E-state index is 13.2. The van der Waals surface area contributed by atoms with Crippen LogP contribution in [0.2, 0.25) is 0 Å². The molecule has 0 fully saturated rings. The molecule has 0 saturated heterocycles. The minimum atomic E-state index is -1.23. The number of anilines is 1. The first-order chi connectivity index (χ1) is 9.99. The highest BCUT2D eigenvalue weighted by Gasteiger charge is 2.16. The van der Waals surface area contributed by atoms with Gasteiger partial charge in [-0.15, -0.1) is 0 Å². The number of urea groups is 1. The van der Waals surface area contributed by atoms with Crippen LogP contribution < -0.4 is 5.32 Å². The van der Waals surface area contributed by atoms with E-state index in [4.69, 9.17) is 9.84 Å². The number of hydrogen-bond acceptors (Lipinski definition) is 3. The monoisotopic (exact) mass is 298 g/mol. The minimum Gasteiger partial charge on any atom is -0.478 e. The van der Waals surface area contributed by atoms with Crippen LogP contribution in [0.1, 0.15) is 24.2 Å². The van der Waals surface area contributed by atoms with Crippen molar-refractivity contribution in [2.75, 3.05) is 31.6 Å². The van der Waals surface area contributed by atoms with Gasteiger partial charge in [0.15, 0.2) is 0 Å². The number of nitrogens with one attached hydrogen (secondary N) is 1. The predicted molar refractivity (Wildman–Crippen MR) is 76.1 cm³/mol. The molecule has 0 bridgehead atoms. The number of likely N-dealkylation sites (N-methyl/N-ethyl adjacent to an activating group) is 1. The van der Waals surface area contributed by atoms with Crippen molar-refractivity contribution in [1.82, 2.24) is 4.90 Å². The molecule has 1 aromatic rings. The number of carbonyl (C=O) groups excluding carboxylic acids is 1. The number of rotatable bonds is 7. The van der Waals surface area contributed by atoms with Crippen LogP contribution in [-0.2, 0) is 4.74 Å². The fourth-order valence-electron chi connectivity index (χ4n) is 1.72. The molecule has 0 aliphatic heterocycles. The van der Waals surface area contributed by atoms with Gasteiger partial charge in [-0.05, 0) is 32.0 Å². The second kappa shape index (κ2) is 8.21. The van der Waals surface area contributed by atoms with E-state index in [0.717, 1.165) is 18.2 Å². The molecule has 0 aliphatic rings. The largest absolute Gasteiger partial charge is 0.478 e. The van der Waals surface area contributed by atoms with Crippen LogP contribution in [0.25, 0.3) is 0 Å². The molecule has 0 heterocycles. The summed E-state index contributed by atoms with van der Waals surface area (Å²) in [7, 11) is 0. The van der Waals surface area contributed by atoms with Gasteiger partial charge in [0.2, 0.25) is 0 Å². The Balaban J connectivity index is 2.81. The van der Waals surface area contributed by atoms with E-state index in [0.29, 0.717) is 26.3 Å². The van der Waals surface area contributed by atoms with E-state index in [1.807, 2.05) is 6.92 Å². The Labute approximate surface area is 122 Å². The van der Waals surface area contributed by atoms with E-state index >= 15 is 0 Å². The van der Waals surface area contributed by atoms with Gasteiger partial charge in [-0.2, -0.15) is 0 Å². The maximum Gasteiger partial charge on any atom is 0.337 e. The number of amides is 2. The third-order valence-corrected chi connectivity index (χ3v) is 2.83. The molecule has 2 N–H and O–H groups in total. The van der Waals surface area contributed by atoms with E-state index in [2.05, 4.69) is 5.32 Å². The lowest BCUT2D eigenvalue weighted by atomic mass is 10.2. The molecule has 0 unspecified atom stereocenters. The third kappa shape index (κ3) is 5.03. The molecule has 0 spiro atoms. The Morgan fingerprint density at radius 1 is 1.38 bits per heavy atom. The van der Waals surface area contributed by atoms with Crippen molar-refractivity contribution in [3.05, 3.63) is 29.6 Å². The van der Waals surface area contributed by atoms with Crippen molar-refractivity contribution in [2.45, 2.75) is 13.8 Å². The average molecular weight is 298 g/mol. The zero-order chi connectivity index (χ0) is 15.8. The first kappa shape index (κ1) is 16.9. The van der Waals surface area contributed by atoms with E-state index < -0.39 is 17.8 Å². The van der Waals surface area contributed by atoms with E-state index in [9.17, 15) is 14.0 Å². The molecule has 0 aliphatic carbocycles. The standard InChI is InChI=1S/C14H19FN2O4/c1-3-17(7-8-21-4-2)14(20)16-12-9-10(15)5-6-11(12)13(18)19/h5-6,9H,3-4,7-8H2,1-2H3,(H,16,20)(H,18,19). The highest BCUT2D eigenvalue weighted by Crippen LogP contribution is 2.17. The Kier molecular flexibility index (Phi) is 6.61. The van der Waals surface area contributed by atoms with Crippen molar-refractivity contribution in [3.8, 4) is 0 Å². The maximum atomic E-state index is 13.2. The number of ether oxygens (including phenoxy) is 1. The van der Waals surface area contributed by atoms with Gasteiger partial charge < -0.3 is 20.1 Å². The molecule has 0 atom stereocenters. The van der Waals surface area contributed by atoms with Crippen LogP contribution in [0.4, 0.5) is 14.9 Å². The number of hydrogen-bond donors (Lipinski definition) is 2. The number of nitrogens with zero attached hydrogens (tertiary/aromatic N) is 1. The lowest BCUT2D eigenvalue weighted by molar-refractivity contribution is 0.0698. The van der Waals surface area contributed by atoms with Gasteiger partial charge in [-0.1, -0.05) is 0 Å². The SMILES string of the molecule is CCOCCN(CC)C(=O)Nc1cc(F)ccc1C(=O)O. The molecule has 1 aromatic carbocycles. The van der Waals surface area contributed by atoms with E-state index in [-0.39, 0.29) is 11.3 Å². The highest BCUT2D eigenvalue weighted by atomic mass is 19.1. The van der Waals surface area contributed by atoms with E-state index in [1.165, 1.54) is 4.90 Å². The van der Waals surface area contributed by atoms with Crippen LogP contribution in [0.5, 0.6) is 0 Å². The Hall–Kier alpha value is -2.15. The first-order valence-corrected chi connectivity index (χ1v) is 6.66. The van der Waals surface area contributed by atoms with Crippen LogP contribution in [0.3, 0.4) is 0 Å². The molecule has 2 amide bonds. The zero-order valence-corrected chi connectivity index (χ0v) is 12.1. The minimum absolute atomic E-state index is 0.0673. The fourth-order valence-corrected chi connectivity index (χ4v) is 1.72. The van der Waals surface area contributed by atoms with Gasteiger partial charge in [-0.3, -0.25) is 0 Å². The number of benzene rings is 1. The summed E-state index contributed by atoms with van der Waals surface area (Å²) < 4.78 is 18.4. The van der Waals surface area contributed by atoms with Crippen molar-refractivity contribution in [1.29, 1.82) is 0 Å². The van der Waals surface area contributed by atoms with Crippen molar-refractivity contribution < 1.29 is 23.8 Å². The Bertz CT molecular complexity index is 508. The number of carboxylic acid groups (broad SMARTS) is 1. The average Bonchev–Trinajstić information content (AvgIpc) is 2.43. The van der Waals surface area contributed by atoms with Crippen LogP contribution in [-0.4, -0.2) is 48.3 Å². The predicted octanol–water partition coefficient (Wildman–Crippen LogP) is 2.41. The van der Waals surface area contributed by atoms with Crippen molar-refractivity contribution in [3.63, 3.8) is 0 Å². The van der Waals surface area contributed by atoms with Crippen LogP contribution in [0, 0.1) is 5.82 Å². The Morgan fingerprint density at radius 3 is 2.67 bits per heavy atom. The molecule has 21 heavy (non-hydrogen) atoms. The summed E-state index contributed by atoms with van der Waals surface area (Å²) in [5.41, 5.74) is -0.229. The second-order valence-electron chi connectivity index (χ2n) is 4.20. The smallest absolute Gasteiger partial charge is 0.337 e. The number of carbonyl (C=O) groups is 2. The molecular formula is C14H19FN2O4. The first-order valence-electron chi connectivity index (χ1n) is 6.66. The van der Waals surface area contributed by atoms with Gasteiger partial charge in [0.1, 0.15) is 5.82 Å². The number of halogens is 1. The summed E-state index contributed by atoms with van der Waals surface area (Å²) in [6, 6.07) is 2.64. The summed E-state index contributed by atoms with van der Waals surface area (Å²) in [6.07, 6.45) is 0. The highest BCUT2D eigenvalue weighted by molar-refractivity contribution is 6.00. The number of aromatic carboxylic acids is 1. The second-order valence-corrected chi connectivity index (χ2v) is 4.20.